The van der Waals surface area contributed by atoms with E-state index in [0.717, 1.165) is 38.1 Å². The third kappa shape index (κ3) is 4.11. The van der Waals surface area contributed by atoms with Crippen LogP contribution >= 0.6 is 0 Å². The van der Waals surface area contributed by atoms with E-state index in [-0.39, 0.29) is 11.8 Å². The fourth-order valence-corrected chi connectivity index (χ4v) is 5.54. The first-order chi connectivity index (χ1) is 13.6. The van der Waals surface area contributed by atoms with Crippen LogP contribution in [-0.2, 0) is 9.59 Å². The summed E-state index contributed by atoms with van der Waals surface area (Å²) in [5, 5.41) is 3.12. The lowest BCUT2D eigenvalue weighted by molar-refractivity contribution is -0.139. The first-order valence-corrected chi connectivity index (χ1v) is 11.2. The maximum Gasteiger partial charge on any atom is 0.235 e. The van der Waals surface area contributed by atoms with Crippen molar-refractivity contribution in [2.75, 3.05) is 13.1 Å². The van der Waals surface area contributed by atoms with Gasteiger partial charge >= 0.3 is 0 Å². The minimum Gasteiger partial charge on any atom is -0.355 e. The molecular formula is C22H34N4O2. The number of hydrogen-bond donors (Lipinski definition) is 1. The number of aryl methyl sites for hydroxylation is 1. The molecule has 2 aliphatic carbocycles. The van der Waals surface area contributed by atoms with Gasteiger partial charge in [0, 0.05) is 37.6 Å². The van der Waals surface area contributed by atoms with Gasteiger partial charge in [0.2, 0.25) is 11.8 Å². The predicted octanol–water partition coefficient (Wildman–Crippen LogP) is 3.22. The van der Waals surface area contributed by atoms with E-state index in [2.05, 4.69) is 28.0 Å². The lowest BCUT2D eigenvalue weighted by atomic mass is 9.85. The number of amides is 2. The van der Waals surface area contributed by atoms with Gasteiger partial charge in [-0.2, -0.15) is 0 Å². The van der Waals surface area contributed by atoms with Gasteiger partial charge in [0.15, 0.2) is 0 Å². The highest BCUT2D eigenvalue weighted by molar-refractivity contribution is 6.01. The van der Waals surface area contributed by atoms with Gasteiger partial charge in [-0.3, -0.25) is 9.59 Å². The summed E-state index contributed by atoms with van der Waals surface area (Å²) in [6.07, 6.45) is 15.1. The van der Waals surface area contributed by atoms with E-state index in [1.165, 1.54) is 32.1 Å². The summed E-state index contributed by atoms with van der Waals surface area (Å²) in [6, 6.07) is 0.852. The van der Waals surface area contributed by atoms with E-state index < -0.39 is 5.92 Å². The molecule has 1 aromatic heterocycles. The van der Waals surface area contributed by atoms with Crippen LogP contribution in [0.1, 0.15) is 76.1 Å². The topological polar surface area (TPSA) is 67.2 Å². The lowest BCUT2D eigenvalue weighted by Crippen LogP contribution is -2.43. The smallest absolute Gasteiger partial charge is 0.235 e. The number of rotatable bonds is 5. The Hall–Kier alpha value is -1.85. The van der Waals surface area contributed by atoms with Crippen molar-refractivity contribution in [2.45, 2.75) is 83.2 Å². The highest BCUT2D eigenvalue weighted by atomic mass is 16.2. The number of imidazole rings is 1. The number of carbonyl (C=O) groups excluding carboxylic acids is 2. The van der Waals surface area contributed by atoms with Gasteiger partial charge < -0.3 is 14.8 Å². The Bertz CT molecular complexity index is 694. The summed E-state index contributed by atoms with van der Waals surface area (Å²) < 4.78 is 2.27. The molecule has 6 nitrogen and oxygen atoms in total. The van der Waals surface area contributed by atoms with Crippen LogP contribution in [0.5, 0.6) is 0 Å². The molecule has 0 bridgehead atoms. The standard InChI is InChI=1S/C22H34N4O2/c1-16-23-11-13-25(16)19-9-5-6-17(14-19)15-24-21(27)20-10-12-26(22(20)28)18-7-3-2-4-8-18/h11,13,17-20H,2-10,12,14-15H2,1H3,(H,24,27). The maximum atomic E-state index is 12.8. The van der Waals surface area contributed by atoms with Crippen molar-refractivity contribution in [1.82, 2.24) is 19.8 Å². The monoisotopic (exact) mass is 386 g/mol. The van der Waals surface area contributed by atoms with Crippen molar-refractivity contribution < 1.29 is 9.59 Å². The molecule has 3 aliphatic rings. The molecule has 0 aromatic carbocycles. The van der Waals surface area contributed by atoms with Gasteiger partial charge in [0.05, 0.1) is 0 Å². The van der Waals surface area contributed by atoms with Crippen LogP contribution < -0.4 is 5.32 Å². The molecule has 1 aromatic rings. The molecule has 2 saturated carbocycles. The molecule has 2 heterocycles. The predicted molar refractivity (Wildman–Crippen MR) is 108 cm³/mol. The SMILES string of the molecule is Cc1nccn1C1CCCC(CNC(=O)C2CCN(C3CCCCC3)C2=O)C1. The van der Waals surface area contributed by atoms with E-state index in [1.807, 2.05) is 11.1 Å². The van der Waals surface area contributed by atoms with Crippen LogP contribution in [0, 0.1) is 18.8 Å². The molecule has 0 radical (unpaired) electrons. The Morgan fingerprint density at radius 3 is 2.64 bits per heavy atom. The molecule has 154 valence electrons. The summed E-state index contributed by atoms with van der Waals surface area (Å²) in [5.74, 6) is 1.10. The Kier molecular flexibility index (Phi) is 6.02. The molecule has 1 saturated heterocycles. The van der Waals surface area contributed by atoms with E-state index in [9.17, 15) is 9.59 Å². The number of carbonyl (C=O) groups is 2. The zero-order chi connectivity index (χ0) is 19.5. The second-order valence-electron chi connectivity index (χ2n) is 8.98. The molecule has 1 aliphatic heterocycles. The van der Waals surface area contributed by atoms with Gasteiger partial charge in [-0.15, -0.1) is 0 Å². The van der Waals surface area contributed by atoms with Crippen molar-refractivity contribution in [3.05, 3.63) is 18.2 Å². The summed E-state index contributed by atoms with van der Waals surface area (Å²) in [7, 11) is 0. The molecule has 28 heavy (non-hydrogen) atoms. The number of likely N-dealkylation sites (tertiary alicyclic amines) is 1. The molecule has 0 spiro atoms. The van der Waals surface area contributed by atoms with Crippen molar-refractivity contribution in [2.24, 2.45) is 11.8 Å². The number of nitrogens with zero attached hydrogens (tertiary/aromatic N) is 3. The molecule has 4 rings (SSSR count). The van der Waals surface area contributed by atoms with E-state index in [0.29, 0.717) is 31.0 Å². The minimum absolute atomic E-state index is 0.0516. The Labute approximate surface area is 168 Å². The Morgan fingerprint density at radius 1 is 1.11 bits per heavy atom. The van der Waals surface area contributed by atoms with Gasteiger partial charge in [-0.25, -0.2) is 4.98 Å². The molecule has 3 fully saturated rings. The quantitative estimate of drug-likeness (QED) is 0.790. The second kappa shape index (κ2) is 8.66. The number of aromatic nitrogens is 2. The molecule has 6 heteroatoms. The van der Waals surface area contributed by atoms with E-state index in [4.69, 9.17) is 0 Å². The minimum atomic E-state index is -0.461. The third-order valence-electron chi connectivity index (χ3n) is 7.15. The maximum absolute atomic E-state index is 12.8. The summed E-state index contributed by atoms with van der Waals surface area (Å²) in [5.41, 5.74) is 0. The molecule has 3 atom stereocenters. The van der Waals surface area contributed by atoms with E-state index >= 15 is 0 Å². The van der Waals surface area contributed by atoms with Crippen LogP contribution in [0.15, 0.2) is 12.4 Å². The summed E-state index contributed by atoms with van der Waals surface area (Å²) >= 11 is 0. The first-order valence-electron chi connectivity index (χ1n) is 11.2. The van der Waals surface area contributed by atoms with Gasteiger partial charge in [0.25, 0.3) is 0 Å². The van der Waals surface area contributed by atoms with Crippen molar-refractivity contribution in [1.29, 1.82) is 0 Å². The highest BCUT2D eigenvalue weighted by Gasteiger charge is 2.40. The fraction of sp³-hybridized carbons (Fsp3) is 0.773. The van der Waals surface area contributed by atoms with Crippen molar-refractivity contribution in [3.8, 4) is 0 Å². The van der Waals surface area contributed by atoms with Crippen molar-refractivity contribution >= 4 is 11.8 Å². The van der Waals surface area contributed by atoms with Crippen molar-refractivity contribution in [3.63, 3.8) is 0 Å². The molecule has 3 unspecified atom stereocenters. The second-order valence-corrected chi connectivity index (χ2v) is 8.98. The average molecular weight is 387 g/mol. The highest BCUT2D eigenvalue weighted by Crippen LogP contribution is 2.33. The Morgan fingerprint density at radius 2 is 1.89 bits per heavy atom. The van der Waals surface area contributed by atoms with Crippen LogP contribution in [0.2, 0.25) is 0 Å². The zero-order valence-electron chi connectivity index (χ0n) is 17.1. The fourth-order valence-electron chi connectivity index (χ4n) is 5.54. The molecule has 1 N–H and O–H groups in total. The number of nitrogens with one attached hydrogen (secondary N) is 1. The van der Waals surface area contributed by atoms with Crippen LogP contribution in [0.4, 0.5) is 0 Å². The van der Waals surface area contributed by atoms with Gasteiger partial charge in [0.1, 0.15) is 11.7 Å². The normalized spacial score (nSPS) is 29.2. The first kappa shape index (κ1) is 19.5. The molecule has 2 amide bonds. The summed E-state index contributed by atoms with van der Waals surface area (Å²) in [4.78, 5) is 31.9. The van der Waals surface area contributed by atoms with Gasteiger partial charge in [-0.1, -0.05) is 25.7 Å². The zero-order valence-corrected chi connectivity index (χ0v) is 17.1. The summed E-state index contributed by atoms with van der Waals surface area (Å²) in [6.45, 7) is 3.50. The lowest BCUT2D eigenvalue weighted by Gasteiger charge is -2.31. The van der Waals surface area contributed by atoms with E-state index in [1.54, 1.807) is 0 Å². The van der Waals surface area contributed by atoms with Crippen LogP contribution in [-0.4, -0.2) is 45.4 Å². The van der Waals surface area contributed by atoms with Crippen LogP contribution in [0.3, 0.4) is 0 Å². The average Bonchev–Trinajstić information content (AvgIpc) is 3.32. The number of hydrogen-bond acceptors (Lipinski definition) is 3. The largest absolute Gasteiger partial charge is 0.355 e. The van der Waals surface area contributed by atoms with Crippen LogP contribution in [0.25, 0.3) is 0 Å². The van der Waals surface area contributed by atoms with Gasteiger partial charge in [-0.05, 0) is 51.4 Å². The third-order valence-corrected chi connectivity index (χ3v) is 7.15. The molecular weight excluding hydrogens is 352 g/mol. The Balaban J connectivity index is 1.27.